The molecule has 0 radical (unpaired) electrons. The van der Waals surface area contributed by atoms with Crippen molar-refractivity contribution in [2.75, 3.05) is 6.54 Å². The van der Waals surface area contributed by atoms with E-state index in [1.54, 1.807) is 0 Å². The Morgan fingerprint density at radius 3 is 2.64 bits per heavy atom. The molecule has 2 unspecified atom stereocenters. The van der Waals surface area contributed by atoms with E-state index in [1.165, 1.54) is 25.6 Å². The average Bonchev–Trinajstić information content (AvgIpc) is 2.06. The van der Waals surface area contributed by atoms with Gasteiger partial charge in [-0.25, -0.2) is 0 Å². The average molecular weight is 151 g/mol. The van der Waals surface area contributed by atoms with Crippen LogP contribution in [-0.2, 0) is 0 Å². The molecule has 0 aromatic carbocycles. The predicted octanol–water partition coefficient (Wildman–Crippen LogP) is 2.75. The summed E-state index contributed by atoms with van der Waals surface area (Å²) in [6, 6.07) is 0. The van der Waals surface area contributed by atoms with E-state index in [4.69, 9.17) is 0 Å². The van der Waals surface area contributed by atoms with Gasteiger partial charge < -0.3 is 0 Å². The van der Waals surface area contributed by atoms with Crippen LogP contribution in [0.1, 0.15) is 33.1 Å². The first kappa shape index (κ1) is 8.96. The molecular formula is C9H18BN. The fourth-order valence-electron chi connectivity index (χ4n) is 1.47. The van der Waals surface area contributed by atoms with Crippen molar-refractivity contribution < 1.29 is 0 Å². The Hall–Kier alpha value is -0.135. The van der Waals surface area contributed by atoms with Gasteiger partial charge in [0.1, 0.15) is 0 Å². The predicted molar refractivity (Wildman–Crippen MR) is 50.0 cm³/mol. The molecular weight excluding hydrogens is 133 g/mol. The molecule has 0 saturated heterocycles. The molecule has 1 heterocycles. The van der Waals surface area contributed by atoms with Crippen LogP contribution in [0.15, 0.2) is 4.90 Å². The van der Waals surface area contributed by atoms with Crippen LogP contribution in [0.25, 0.3) is 0 Å². The van der Waals surface area contributed by atoms with Crippen molar-refractivity contribution in [2.24, 2.45) is 16.7 Å². The zero-order valence-electron chi connectivity index (χ0n) is 7.71. The molecule has 1 nitrogen and oxygen atoms in total. The van der Waals surface area contributed by atoms with Crippen LogP contribution in [0.3, 0.4) is 0 Å². The summed E-state index contributed by atoms with van der Waals surface area (Å²) in [6.45, 7) is 5.71. The van der Waals surface area contributed by atoms with Gasteiger partial charge in [-0.2, -0.15) is 0 Å². The maximum absolute atomic E-state index is 4.37. The number of nitrogens with zero attached hydrogens (tertiary/aromatic N) is 1. The van der Waals surface area contributed by atoms with Gasteiger partial charge in [-0.05, 0) is 0 Å². The van der Waals surface area contributed by atoms with Gasteiger partial charge in [0.05, 0.1) is 0 Å². The van der Waals surface area contributed by atoms with Crippen molar-refractivity contribution in [3.63, 3.8) is 0 Å². The second kappa shape index (κ2) is 4.68. The Labute approximate surface area is 70.5 Å². The summed E-state index contributed by atoms with van der Waals surface area (Å²) in [5, 5.41) is 0. The monoisotopic (exact) mass is 151 g/mol. The zero-order valence-corrected chi connectivity index (χ0v) is 7.71. The Morgan fingerprint density at radius 1 is 1.09 bits per heavy atom. The molecule has 62 valence electrons. The van der Waals surface area contributed by atoms with E-state index in [-0.39, 0.29) is 0 Å². The molecule has 0 N–H and O–H groups in total. The summed E-state index contributed by atoms with van der Waals surface area (Å²) in [6.07, 6.45) is 5.24. The summed E-state index contributed by atoms with van der Waals surface area (Å²) in [7, 11) is 2.11. The summed E-state index contributed by atoms with van der Waals surface area (Å²) in [5.41, 5.74) is 0. The molecule has 0 aromatic rings. The second-order valence-electron chi connectivity index (χ2n) is 3.90. The van der Waals surface area contributed by atoms with Crippen LogP contribution in [0.5, 0.6) is 0 Å². The molecule has 0 saturated carbocycles. The van der Waals surface area contributed by atoms with E-state index in [2.05, 4.69) is 25.8 Å². The van der Waals surface area contributed by atoms with E-state index in [1.807, 2.05) is 0 Å². The Morgan fingerprint density at radius 2 is 1.82 bits per heavy atom. The molecule has 2 heteroatoms. The minimum atomic E-state index is 0.847. The first-order valence-corrected chi connectivity index (χ1v) is 4.77. The van der Waals surface area contributed by atoms with Crippen LogP contribution in [0.2, 0.25) is 6.32 Å². The third-order valence-corrected chi connectivity index (χ3v) is 2.54. The molecule has 0 bridgehead atoms. The van der Waals surface area contributed by atoms with Gasteiger partial charge in [-0.3, -0.25) is 0 Å². The van der Waals surface area contributed by atoms with Crippen molar-refractivity contribution >= 4 is 7.07 Å². The topological polar surface area (TPSA) is 12.4 Å². The van der Waals surface area contributed by atoms with Crippen molar-refractivity contribution in [1.82, 2.24) is 0 Å². The van der Waals surface area contributed by atoms with Crippen LogP contribution in [0, 0.1) is 11.8 Å². The fraction of sp³-hybridized carbons (Fsp3) is 1.00. The minimum absolute atomic E-state index is 0.847. The van der Waals surface area contributed by atoms with E-state index in [9.17, 15) is 0 Å². The molecule has 2 atom stereocenters. The summed E-state index contributed by atoms with van der Waals surface area (Å²) >= 11 is 0. The van der Waals surface area contributed by atoms with Gasteiger partial charge in [-0.15, -0.1) is 0 Å². The number of hydrogen-bond donors (Lipinski definition) is 0. The van der Waals surface area contributed by atoms with Gasteiger partial charge in [0.2, 0.25) is 0 Å². The van der Waals surface area contributed by atoms with Crippen LogP contribution >= 0.6 is 0 Å². The van der Waals surface area contributed by atoms with Crippen molar-refractivity contribution in [3.05, 3.63) is 0 Å². The molecule has 0 aromatic heterocycles. The molecule has 0 amide bonds. The van der Waals surface area contributed by atoms with Crippen molar-refractivity contribution in [3.8, 4) is 0 Å². The molecule has 0 spiro atoms. The molecule has 0 fully saturated rings. The third kappa shape index (κ3) is 3.69. The first-order chi connectivity index (χ1) is 5.29. The van der Waals surface area contributed by atoms with Gasteiger partial charge in [0.25, 0.3) is 0 Å². The summed E-state index contributed by atoms with van der Waals surface area (Å²) in [4.78, 5) is 4.37. The molecule has 1 aliphatic rings. The molecule has 0 aliphatic carbocycles. The molecule has 1 aliphatic heterocycles. The fourth-order valence-corrected chi connectivity index (χ4v) is 1.47. The van der Waals surface area contributed by atoms with Gasteiger partial charge in [0, 0.05) is 0 Å². The first-order valence-electron chi connectivity index (χ1n) is 4.77. The standard InChI is InChI=1S/C9H18BN/c1-8-3-4-9(2)7-10-11-6-5-8/h8-9H,3-7H2,1-2H3. The Bertz CT molecular complexity index is 134. The Balaban J connectivity index is 2.36. The van der Waals surface area contributed by atoms with E-state index in [0.29, 0.717) is 0 Å². The van der Waals surface area contributed by atoms with Gasteiger partial charge >= 0.3 is 69.8 Å². The third-order valence-electron chi connectivity index (χ3n) is 2.54. The maximum atomic E-state index is 4.37. The summed E-state index contributed by atoms with van der Waals surface area (Å²) < 4.78 is 0. The quantitative estimate of drug-likeness (QED) is 0.472. The molecule has 11 heavy (non-hydrogen) atoms. The Kier molecular flexibility index (Phi) is 3.81. The van der Waals surface area contributed by atoms with Crippen LogP contribution in [-0.4, -0.2) is 13.6 Å². The summed E-state index contributed by atoms with van der Waals surface area (Å²) in [5.74, 6) is 1.73. The van der Waals surface area contributed by atoms with E-state index in [0.717, 1.165) is 18.4 Å². The van der Waals surface area contributed by atoms with E-state index < -0.39 is 0 Å². The van der Waals surface area contributed by atoms with Crippen molar-refractivity contribution in [1.29, 1.82) is 0 Å². The van der Waals surface area contributed by atoms with Crippen molar-refractivity contribution in [2.45, 2.75) is 39.4 Å². The SMILES string of the molecule is CC1C/B=N\CCC(C)CC1. The van der Waals surface area contributed by atoms with Crippen LogP contribution in [0.4, 0.5) is 0 Å². The van der Waals surface area contributed by atoms with E-state index >= 15 is 0 Å². The normalized spacial score (nSPS) is 35.5. The van der Waals surface area contributed by atoms with Crippen LogP contribution < -0.4 is 0 Å². The van der Waals surface area contributed by atoms with Gasteiger partial charge in [-0.1, -0.05) is 0 Å². The van der Waals surface area contributed by atoms with Gasteiger partial charge in [0.15, 0.2) is 0 Å². The molecule has 1 rings (SSSR count). The number of rotatable bonds is 0. The number of hydrogen-bond acceptors (Lipinski definition) is 1. The zero-order chi connectivity index (χ0) is 8.10. The second-order valence-corrected chi connectivity index (χ2v) is 3.90.